The average molecular weight is 261 g/mol. The summed E-state index contributed by atoms with van der Waals surface area (Å²) in [6, 6.07) is 6.67. The van der Waals surface area contributed by atoms with Gasteiger partial charge in [-0.3, -0.25) is 4.79 Å². The molecule has 104 valence electrons. The molecule has 0 saturated carbocycles. The van der Waals surface area contributed by atoms with Gasteiger partial charge in [0.1, 0.15) is 0 Å². The number of benzene rings is 1. The molecule has 1 saturated heterocycles. The predicted octanol–water partition coefficient (Wildman–Crippen LogP) is 2.51. The molecule has 0 radical (unpaired) electrons. The fourth-order valence-electron chi connectivity index (χ4n) is 2.44. The summed E-state index contributed by atoms with van der Waals surface area (Å²) in [4.78, 5) is 11.2. The summed E-state index contributed by atoms with van der Waals surface area (Å²) in [7, 11) is 0. The molecular weight excluding hydrogens is 238 g/mol. The second kappa shape index (κ2) is 6.57. The lowest BCUT2D eigenvalue weighted by Crippen LogP contribution is -2.21. The molecule has 0 aliphatic carbocycles. The third kappa shape index (κ3) is 4.24. The maximum Gasteiger partial charge on any atom is 0.221 e. The maximum absolute atomic E-state index is 11.2. The van der Waals surface area contributed by atoms with Crippen molar-refractivity contribution in [2.75, 3.05) is 23.7 Å². The highest BCUT2D eigenvalue weighted by molar-refractivity contribution is 5.90. The van der Waals surface area contributed by atoms with E-state index in [0.717, 1.165) is 36.4 Å². The molecule has 0 bridgehead atoms. The molecule has 1 aliphatic heterocycles. The normalized spacial score (nSPS) is 19.6. The van der Waals surface area contributed by atoms with Gasteiger partial charge in [0.05, 0.1) is 0 Å². The SMILES string of the molecule is CC(=O)Nc1cc(NC2CCCNCC2)ccc1C. The van der Waals surface area contributed by atoms with Crippen molar-refractivity contribution in [3.8, 4) is 0 Å². The summed E-state index contributed by atoms with van der Waals surface area (Å²) in [6.07, 6.45) is 3.54. The summed E-state index contributed by atoms with van der Waals surface area (Å²) in [5.74, 6) is -0.0288. The zero-order valence-corrected chi connectivity index (χ0v) is 11.8. The number of hydrogen-bond donors (Lipinski definition) is 3. The van der Waals surface area contributed by atoms with Gasteiger partial charge in [-0.2, -0.15) is 0 Å². The van der Waals surface area contributed by atoms with Crippen LogP contribution in [0.3, 0.4) is 0 Å². The number of carbonyl (C=O) groups is 1. The van der Waals surface area contributed by atoms with Crippen molar-refractivity contribution >= 4 is 17.3 Å². The van der Waals surface area contributed by atoms with Gasteiger partial charge in [-0.25, -0.2) is 0 Å². The molecule has 1 fully saturated rings. The lowest BCUT2D eigenvalue weighted by Gasteiger charge is -2.18. The van der Waals surface area contributed by atoms with Crippen molar-refractivity contribution in [3.05, 3.63) is 23.8 Å². The van der Waals surface area contributed by atoms with Gasteiger partial charge in [-0.1, -0.05) is 6.07 Å². The van der Waals surface area contributed by atoms with E-state index < -0.39 is 0 Å². The van der Waals surface area contributed by atoms with Crippen LogP contribution in [0.25, 0.3) is 0 Å². The highest BCUT2D eigenvalue weighted by Gasteiger charge is 2.12. The highest BCUT2D eigenvalue weighted by atomic mass is 16.1. The Labute approximate surface area is 115 Å². The molecule has 1 heterocycles. The Morgan fingerprint density at radius 3 is 2.95 bits per heavy atom. The first kappa shape index (κ1) is 13.9. The Hall–Kier alpha value is -1.55. The molecule has 0 spiro atoms. The first-order chi connectivity index (χ1) is 9.15. The summed E-state index contributed by atoms with van der Waals surface area (Å²) in [5.41, 5.74) is 3.06. The van der Waals surface area contributed by atoms with Crippen LogP contribution in [0, 0.1) is 6.92 Å². The lowest BCUT2D eigenvalue weighted by molar-refractivity contribution is -0.114. The molecule has 0 aromatic heterocycles. The summed E-state index contributed by atoms with van der Waals surface area (Å²) in [5, 5.41) is 9.85. The van der Waals surface area contributed by atoms with Crippen LogP contribution < -0.4 is 16.0 Å². The van der Waals surface area contributed by atoms with E-state index in [1.165, 1.54) is 19.8 Å². The van der Waals surface area contributed by atoms with Crippen LogP contribution in [-0.2, 0) is 4.79 Å². The topological polar surface area (TPSA) is 53.2 Å². The molecule has 1 aliphatic rings. The molecule has 4 heteroatoms. The zero-order valence-electron chi connectivity index (χ0n) is 11.8. The molecule has 1 amide bonds. The Kier molecular flexibility index (Phi) is 4.80. The van der Waals surface area contributed by atoms with E-state index in [1.807, 2.05) is 19.1 Å². The minimum atomic E-state index is -0.0288. The number of aryl methyl sites for hydroxylation is 1. The molecule has 1 aromatic carbocycles. The van der Waals surface area contributed by atoms with Gasteiger partial charge >= 0.3 is 0 Å². The van der Waals surface area contributed by atoms with E-state index >= 15 is 0 Å². The van der Waals surface area contributed by atoms with Gasteiger partial charge in [0, 0.05) is 24.3 Å². The van der Waals surface area contributed by atoms with Crippen LogP contribution in [0.4, 0.5) is 11.4 Å². The van der Waals surface area contributed by atoms with E-state index in [1.54, 1.807) is 0 Å². The van der Waals surface area contributed by atoms with Gasteiger partial charge in [0.15, 0.2) is 0 Å². The van der Waals surface area contributed by atoms with Crippen LogP contribution >= 0.6 is 0 Å². The average Bonchev–Trinajstić information content (AvgIpc) is 2.61. The van der Waals surface area contributed by atoms with Crippen molar-refractivity contribution in [2.45, 2.75) is 39.2 Å². The van der Waals surface area contributed by atoms with Crippen molar-refractivity contribution in [1.29, 1.82) is 0 Å². The van der Waals surface area contributed by atoms with E-state index in [0.29, 0.717) is 6.04 Å². The van der Waals surface area contributed by atoms with Crippen LogP contribution in [-0.4, -0.2) is 25.0 Å². The van der Waals surface area contributed by atoms with E-state index in [-0.39, 0.29) is 5.91 Å². The molecule has 19 heavy (non-hydrogen) atoms. The van der Waals surface area contributed by atoms with Crippen molar-refractivity contribution < 1.29 is 4.79 Å². The smallest absolute Gasteiger partial charge is 0.221 e. The standard InChI is InChI=1S/C15H23N3O/c1-11-5-6-14(10-15(11)17-12(2)19)18-13-4-3-8-16-9-7-13/h5-6,10,13,16,18H,3-4,7-9H2,1-2H3,(H,17,19). The molecule has 1 aromatic rings. The van der Waals surface area contributed by atoms with E-state index in [2.05, 4.69) is 22.0 Å². The number of rotatable bonds is 3. The monoisotopic (exact) mass is 261 g/mol. The molecule has 2 rings (SSSR count). The van der Waals surface area contributed by atoms with Gasteiger partial charge in [-0.15, -0.1) is 0 Å². The Morgan fingerprint density at radius 1 is 1.32 bits per heavy atom. The van der Waals surface area contributed by atoms with Crippen molar-refractivity contribution in [1.82, 2.24) is 5.32 Å². The molecule has 1 atom stereocenters. The van der Waals surface area contributed by atoms with Crippen molar-refractivity contribution in [3.63, 3.8) is 0 Å². The molecule has 1 unspecified atom stereocenters. The second-order valence-corrected chi connectivity index (χ2v) is 5.23. The van der Waals surface area contributed by atoms with E-state index in [9.17, 15) is 4.79 Å². The van der Waals surface area contributed by atoms with E-state index in [4.69, 9.17) is 0 Å². The first-order valence-corrected chi connectivity index (χ1v) is 7.00. The maximum atomic E-state index is 11.2. The number of anilines is 2. The van der Waals surface area contributed by atoms with Crippen molar-refractivity contribution in [2.24, 2.45) is 0 Å². The third-order valence-corrected chi connectivity index (χ3v) is 3.49. The van der Waals surface area contributed by atoms with Gasteiger partial charge in [0.2, 0.25) is 5.91 Å². The van der Waals surface area contributed by atoms with Gasteiger partial charge in [0.25, 0.3) is 0 Å². The lowest BCUT2D eigenvalue weighted by atomic mass is 10.1. The molecule has 4 nitrogen and oxygen atoms in total. The highest BCUT2D eigenvalue weighted by Crippen LogP contribution is 2.22. The quantitative estimate of drug-likeness (QED) is 0.783. The fraction of sp³-hybridized carbons (Fsp3) is 0.533. The number of amides is 1. The summed E-state index contributed by atoms with van der Waals surface area (Å²) in [6.45, 7) is 5.73. The van der Waals surface area contributed by atoms with Crippen LogP contribution in [0.2, 0.25) is 0 Å². The Morgan fingerprint density at radius 2 is 2.16 bits per heavy atom. The Bertz CT molecular complexity index is 437. The molecule has 3 N–H and O–H groups in total. The van der Waals surface area contributed by atoms with Gasteiger partial charge < -0.3 is 16.0 Å². The minimum Gasteiger partial charge on any atom is -0.382 e. The Balaban J connectivity index is 2.05. The van der Waals surface area contributed by atoms with Crippen LogP contribution in [0.1, 0.15) is 31.7 Å². The number of hydrogen-bond acceptors (Lipinski definition) is 3. The number of carbonyl (C=O) groups excluding carboxylic acids is 1. The second-order valence-electron chi connectivity index (χ2n) is 5.23. The van der Waals surface area contributed by atoms with Crippen LogP contribution in [0.15, 0.2) is 18.2 Å². The van der Waals surface area contributed by atoms with Gasteiger partial charge in [-0.05, 0) is 57.0 Å². The minimum absolute atomic E-state index is 0.0288. The fourth-order valence-corrected chi connectivity index (χ4v) is 2.44. The predicted molar refractivity (Wildman–Crippen MR) is 79.6 cm³/mol. The third-order valence-electron chi connectivity index (χ3n) is 3.49. The summed E-state index contributed by atoms with van der Waals surface area (Å²) < 4.78 is 0. The summed E-state index contributed by atoms with van der Waals surface area (Å²) >= 11 is 0. The largest absolute Gasteiger partial charge is 0.382 e. The van der Waals surface area contributed by atoms with Crippen LogP contribution in [0.5, 0.6) is 0 Å². The molecular formula is C15H23N3O. The number of nitrogens with one attached hydrogen (secondary N) is 3. The zero-order chi connectivity index (χ0) is 13.7. The first-order valence-electron chi connectivity index (χ1n) is 7.00.